The minimum atomic E-state index is -0.296. The molecule has 3 aromatic carbocycles. The van der Waals surface area contributed by atoms with Crippen LogP contribution in [-0.2, 0) is 0 Å². The Labute approximate surface area is 216 Å². The van der Waals surface area contributed by atoms with Crippen molar-refractivity contribution in [2.24, 2.45) is 0 Å². The van der Waals surface area contributed by atoms with Gasteiger partial charge in [-0.3, -0.25) is 9.59 Å². The number of nitrogens with zero attached hydrogens (tertiary/aromatic N) is 2. The topological polar surface area (TPSA) is 52.7 Å². The van der Waals surface area contributed by atoms with Gasteiger partial charge in [0.1, 0.15) is 0 Å². The Morgan fingerprint density at radius 1 is 0.909 bits per heavy atom. The number of hydrogen-bond donors (Lipinski definition) is 1. The van der Waals surface area contributed by atoms with Gasteiger partial charge >= 0.3 is 0 Å². The monoisotopic (exact) mass is 593 g/mol. The van der Waals surface area contributed by atoms with E-state index >= 15 is 0 Å². The van der Waals surface area contributed by atoms with Crippen molar-refractivity contribution in [1.82, 2.24) is 4.90 Å². The molecule has 1 aliphatic heterocycles. The van der Waals surface area contributed by atoms with Crippen molar-refractivity contribution in [3.8, 4) is 0 Å². The molecule has 2 amide bonds. The predicted molar refractivity (Wildman–Crippen MR) is 143 cm³/mol. The molecule has 8 heteroatoms. The zero-order valence-corrected chi connectivity index (χ0v) is 21.6. The first kappa shape index (κ1) is 23.9. The van der Waals surface area contributed by atoms with Gasteiger partial charge < -0.3 is 15.1 Å². The maximum Gasteiger partial charge on any atom is 0.257 e. The molecule has 33 heavy (non-hydrogen) atoms. The minimum absolute atomic E-state index is 0.0238. The molecule has 1 saturated heterocycles. The second-order valence-corrected chi connectivity index (χ2v) is 9.92. The van der Waals surface area contributed by atoms with Gasteiger partial charge in [0.25, 0.3) is 11.8 Å². The highest BCUT2D eigenvalue weighted by Gasteiger charge is 2.25. The van der Waals surface area contributed by atoms with E-state index in [0.717, 1.165) is 14.8 Å². The van der Waals surface area contributed by atoms with Crippen molar-refractivity contribution in [2.45, 2.75) is 6.92 Å². The van der Waals surface area contributed by atoms with Gasteiger partial charge in [0.15, 0.2) is 0 Å². The molecule has 1 heterocycles. The largest absolute Gasteiger partial charge is 0.365 e. The van der Waals surface area contributed by atoms with E-state index in [0.29, 0.717) is 53.0 Å². The van der Waals surface area contributed by atoms with Crippen molar-refractivity contribution in [3.05, 3.63) is 91.0 Å². The second-order valence-electron chi connectivity index (χ2n) is 7.86. The maximum atomic E-state index is 12.9. The van der Waals surface area contributed by atoms with Crippen LogP contribution in [0.1, 0.15) is 26.3 Å². The van der Waals surface area contributed by atoms with Gasteiger partial charge in [0.05, 0.1) is 27.0 Å². The van der Waals surface area contributed by atoms with Crippen LogP contribution in [0.25, 0.3) is 0 Å². The van der Waals surface area contributed by atoms with Crippen LogP contribution in [0.4, 0.5) is 11.4 Å². The van der Waals surface area contributed by atoms with Crippen LogP contribution >= 0.6 is 45.8 Å². The smallest absolute Gasteiger partial charge is 0.257 e. The highest BCUT2D eigenvalue weighted by Crippen LogP contribution is 2.35. The Morgan fingerprint density at radius 2 is 1.61 bits per heavy atom. The average Bonchev–Trinajstić information content (AvgIpc) is 2.81. The average molecular weight is 594 g/mol. The Kier molecular flexibility index (Phi) is 7.46. The van der Waals surface area contributed by atoms with E-state index in [4.69, 9.17) is 23.2 Å². The molecule has 0 aliphatic carbocycles. The molecule has 3 aromatic rings. The number of para-hydroxylation sites is 1. The normalized spacial score (nSPS) is 13.7. The molecule has 0 bridgehead atoms. The third-order valence-corrected chi connectivity index (χ3v) is 6.90. The summed E-state index contributed by atoms with van der Waals surface area (Å²) in [7, 11) is 0. The molecule has 1 N–H and O–H groups in total. The molecule has 1 fully saturated rings. The summed E-state index contributed by atoms with van der Waals surface area (Å²) in [5.41, 5.74) is 3.57. The van der Waals surface area contributed by atoms with E-state index in [1.807, 2.05) is 48.2 Å². The fourth-order valence-electron chi connectivity index (χ4n) is 3.81. The number of rotatable bonds is 4. The quantitative estimate of drug-likeness (QED) is 0.371. The fraction of sp³-hybridized carbons (Fsp3) is 0.200. The molecule has 0 spiro atoms. The summed E-state index contributed by atoms with van der Waals surface area (Å²) in [6.07, 6.45) is 0. The van der Waals surface area contributed by atoms with Crippen LogP contribution in [0.2, 0.25) is 10.0 Å². The van der Waals surface area contributed by atoms with Gasteiger partial charge in [-0.25, -0.2) is 0 Å². The lowest BCUT2D eigenvalue weighted by Gasteiger charge is -2.37. The Hall–Kier alpha value is -2.29. The lowest BCUT2D eigenvalue weighted by atomic mass is 10.1. The van der Waals surface area contributed by atoms with Crippen molar-refractivity contribution in [2.75, 3.05) is 36.4 Å². The molecule has 4 rings (SSSR count). The first-order valence-corrected chi connectivity index (χ1v) is 12.3. The summed E-state index contributed by atoms with van der Waals surface area (Å²) in [6, 6.07) is 18.4. The van der Waals surface area contributed by atoms with Crippen LogP contribution < -0.4 is 10.2 Å². The summed E-state index contributed by atoms with van der Waals surface area (Å²) in [4.78, 5) is 29.8. The predicted octanol–water partition coefficient (Wildman–Crippen LogP) is 6.12. The minimum Gasteiger partial charge on any atom is -0.365 e. The number of amides is 2. The van der Waals surface area contributed by atoms with E-state index in [2.05, 4.69) is 32.8 Å². The third kappa shape index (κ3) is 5.45. The number of halogens is 3. The first-order chi connectivity index (χ1) is 15.8. The van der Waals surface area contributed by atoms with Crippen molar-refractivity contribution in [1.29, 1.82) is 0 Å². The standard InChI is InChI=1S/C25H22Cl2IN3O2/c1-16-5-7-17(8-6-16)25(33)31-13-11-30(12-14-31)23-21(27)3-2-4-22(23)29-24(32)19-15-18(28)9-10-20(19)26/h2-10,15H,11-14H2,1H3,(H,29,32). The van der Waals surface area contributed by atoms with Crippen molar-refractivity contribution >= 4 is 69.0 Å². The molecule has 0 atom stereocenters. The third-order valence-electron chi connectivity index (χ3n) is 5.59. The highest BCUT2D eigenvalue weighted by atomic mass is 127. The van der Waals surface area contributed by atoms with Gasteiger partial charge in [-0.05, 0) is 72.0 Å². The van der Waals surface area contributed by atoms with E-state index in [9.17, 15) is 9.59 Å². The van der Waals surface area contributed by atoms with E-state index in [1.54, 1.807) is 24.3 Å². The number of benzene rings is 3. The zero-order valence-electron chi connectivity index (χ0n) is 17.9. The van der Waals surface area contributed by atoms with Gasteiger partial charge in [0, 0.05) is 35.3 Å². The Bertz CT molecular complexity index is 1190. The Balaban J connectivity index is 1.50. The molecule has 170 valence electrons. The highest BCUT2D eigenvalue weighted by molar-refractivity contribution is 14.1. The van der Waals surface area contributed by atoms with Crippen molar-refractivity contribution < 1.29 is 9.59 Å². The summed E-state index contributed by atoms with van der Waals surface area (Å²) in [6.45, 7) is 4.34. The number of anilines is 2. The summed E-state index contributed by atoms with van der Waals surface area (Å²) in [5, 5.41) is 3.89. The Morgan fingerprint density at radius 3 is 2.30 bits per heavy atom. The fourth-order valence-corrected chi connectivity index (χ4v) is 4.80. The molecule has 0 saturated carbocycles. The van der Waals surface area contributed by atoms with Crippen LogP contribution in [-0.4, -0.2) is 42.9 Å². The summed E-state index contributed by atoms with van der Waals surface area (Å²) in [5.74, 6) is -0.272. The number of nitrogens with one attached hydrogen (secondary N) is 1. The van der Waals surface area contributed by atoms with Crippen LogP contribution in [0.5, 0.6) is 0 Å². The maximum absolute atomic E-state index is 12.9. The molecule has 0 radical (unpaired) electrons. The van der Waals surface area contributed by atoms with Crippen molar-refractivity contribution in [3.63, 3.8) is 0 Å². The summed E-state index contributed by atoms with van der Waals surface area (Å²) >= 11 is 14.9. The molecule has 1 aliphatic rings. The number of aryl methyl sites for hydroxylation is 1. The molecule has 0 aromatic heterocycles. The molecule has 0 unspecified atom stereocenters. The van der Waals surface area contributed by atoms with Gasteiger partial charge in [0.2, 0.25) is 0 Å². The van der Waals surface area contributed by atoms with Crippen LogP contribution in [0.3, 0.4) is 0 Å². The van der Waals surface area contributed by atoms with Gasteiger partial charge in [-0.1, -0.05) is 47.0 Å². The van der Waals surface area contributed by atoms with Gasteiger partial charge in [-0.2, -0.15) is 0 Å². The van der Waals surface area contributed by atoms with Gasteiger partial charge in [-0.15, -0.1) is 0 Å². The van der Waals surface area contributed by atoms with Crippen LogP contribution in [0.15, 0.2) is 60.7 Å². The van der Waals surface area contributed by atoms with Crippen LogP contribution in [0, 0.1) is 10.5 Å². The second kappa shape index (κ2) is 10.3. The van der Waals surface area contributed by atoms with E-state index < -0.39 is 0 Å². The van der Waals surface area contributed by atoms with E-state index in [1.165, 1.54) is 0 Å². The SMILES string of the molecule is Cc1ccc(C(=O)N2CCN(c3c(Cl)cccc3NC(=O)c3cc(I)ccc3Cl)CC2)cc1. The number of carbonyl (C=O) groups excluding carboxylic acids is 2. The zero-order chi connectivity index (χ0) is 23.5. The summed E-state index contributed by atoms with van der Waals surface area (Å²) < 4.78 is 0.919. The molecular weight excluding hydrogens is 572 g/mol. The number of hydrogen-bond acceptors (Lipinski definition) is 3. The van der Waals surface area contributed by atoms with E-state index in [-0.39, 0.29) is 11.8 Å². The lowest BCUT2D eigenvalue weighted by molar-refractivity contribution is 0.0746. The number of carbonyl (C=O) groups is 2. The molecule has 5 nitrogen and oxygen atoms in total. The number of piperazine rings is 1. The lowest BCUT2D eigenvalue weighted by Crippen LogP contribution is -2.49. The molecular formula is C25H22Cl2IN3O2. The first-order valence-electron chi connectivity index (χ1n) is 10.5.